The summed E-state index contributed by atoms with van der Waals surface area (Å²) >= 11 is 0. The number of hydrogen-bond acceptors (Lipinski definition) is 2. The fourth-order valence-corrected chi connectivity index (χ4v) is 1.70. The van der Waals surface area contributed by atoms with Gasteiger partial charge in [-0.2, -0.15) is 0 Å². The summed E-state index contributed by atoms with van der Waals surface area (Å²) in [5.74, 6) is 0.136. The van der Waals surface area contributed by atoms with Crippen LogP contribution in [0.5, 0.6) is 0 Å². The van der Waals surface area contributed by atoms with Gasteiger partial charge in [0.25, 0.3) is 0 Å². The Morgan fingerprint density at radius 2 is 1.53 bits per heavy atom. The summed E-state index contributed by atoms with van der Waals surface area (Å²) < 4.78 is 0. The van der Waals surface area contributed by atoms with E-state index in [1.807, 2.05) is 6.92 Å². The molecule has 0 rings (SSSR count). The van der Waals surface area contributed by atoms with Gasteiger partial charge in [-0.25, -0.2) is 0 Å². The van der Waals surface area contributed by atoms with Gasteiger partial charge in [-0.1, -0.05) is 46.0 Å². The number of unbranched alkanes of at least 4 members (excludes halogenated alkanes) is 5. The summed E-state index contributed by atoms with van der Waals surface area (Å²) in [7, 11) is 0. The number of hydrogen-bond donors (Lipinski definition) is 2. The fourth-order valence-electron chi connectivity index (χ4n) is 1.70. The lowest BCUT2D eigenvalue weighted by molar-refractivity contribution is -0.122. The van der Waals surface area contributed by atoms with Crippen molar-refractivity contribution in [2.24, 2.45) is 0 Å². The maximum absolute atomic E-state index is 11.7. The van der Waals surface area contributed by atoms with Crippen molar-refractivity contribution in [2.45, 2.75) is 71.8 Å². The molecule has 3 nitrogen and oxygen atoms in total. The quantitative estimate of drug-likeness (QED) is 0.547. The number of nitrogens with one attached hydrogen (secondary N) is 2. The van der Waals surface area contributed by atoms with Gasteiger partial charge in [-0.15, -0.1) is 0 Å². The highest BCUT2D eigenvalue weighted by atomic mass is 16.2. The van der Waals surface area contributed by atoms with Gasteiger partial charge < -0.3 is 10.6 Å². The predicted octanol–water partition coefficient (Wildman–Crippen LogP) is 2.85. The van der Waals surface area contributed by atoms with E-state index in [1.54, 1.807) is 0 Å². The molecule has 0 saturated carbocycles. The third kappa shape index (κ3) is 10.3. The zero-order chi connectivity index (χ0) is 12.9. The zero-order valence-electron chi connectivity index (χ0n) is 11.8. The highest BCUT2D eigenvalue weighted by molar-refractivity contribution is 5.81. The summed E-state index contributed by atoms with van der Waals surface area (Å²) in [6.45, 7) is 8.08. The Morgan fingerprint density at radius 3 is 2.18 bits per heavy atom. The van der Waals surface area contributed by atoms with E-state index < -0.39 is 0 Å². The van der Waals surface area contributed by atoms with Crippen LogP contribution in [0.3, 0.4) is 0 Å². The second kappa shape index (κ2) is 11.9. The Hall–Kier alpha value is -0.570. The minimum absolute atomic E-state index is 0.0572. The van der Waals surface area contributed by atoms with Crippen LogP contribution >= 0.6 is 0 Å². The summed E-state index contributed by atoms with van der Waals surface area (Å²) in [5, 5.41) is 6.24. The second-order valence-corrected chi connectivity index (χ2v) is 4.73. The van der Waals surface area contributed by atoms with Crippen LogP contribution < -0.4 is 10.6 Å². The third-order valence-corrected chi connectivity index (χ3v) is 2.95. The Balaban J connectivity index is 3.40. The molecule has 0 fully saturated rings. The molecule has 102 valence electrons. The number of rotatable bonds is 11. The molecule has 2 N–H and O–H groups in total. The molecule has 0 heterocycles. The van der Waals surface area contributed by atoms with Gasteiger partial charge in [0.1, 0.15) is 0 Å². The zero-order valence-corrected chi connectivity index (χ0v) is 11.8. The SMILES string of the molecule is CCCCCCNC(C)C(=O)NCCCCC. The van der Waals surface area contributed by atoms with Crippen LogP contribution in [0.15, 0.2) is 0 Å². The van der Waals surface area contributed by atoms with Crippen LogP contribution in [0, 0.1) is 0 Å². The Labute approximate surface area is 107 Å². The average molecular weight is 242 g/mol. The predicted molar refractivity (Wildman–Crippen MR) is 74.1 cm³/mol. The van der Waals surface area contributed by atoms with E-state index >= 15 is 0 Å². The molecule has 17 heavy (non-hydrogen) atoms. The monoisotopic (exact) mass is 242 g/mol. The van der Waals surface area contributed by atoms with Crippen LogP contribution in [0.2, 0.25) is 0 Å². The molecule has 1 amide bonds. The van der Waals surface area contributed by atoms with Crippen molar-refractivity contribution in [1.82, 2.24) is 10.6 Å². The molecule has 0 aromatic carbocycles. The van der Waals surface area contributed by atoms with Crippen molar-refractivity contribution in [3.63, 3.8) is 0 Å². The number of carbonyl (C=O) groups is 1. The van der Waals surface area contributed by atoms with E-state index in [-0.39, 0.29) is 11.9 Å². The van der Waals surface area contributed by atoms with Crippen molar-refractivity contribution in [3.05, 3.63) is 0 Å². The minimum atomic E-state index is -0.0572. The van der Waals surface area contributed by atoms with Gasteiger partial charge in [-0.3, -0.25) is 4.79 Å². The lowest BCUT2D eigenvalue weighted by Gasteiger charge is -2.13. The number of carbonyl (C=O) groups excluding carboxylic acids is 1. The van der Waals surface area contributed by atoms with Crippen LogP contribution in [0.1, 0.15) is 65.7 Å². The van der Waals surface area contributed by atoms with Crippen molar-refractivity contribution < 1.29 is 4.79 Å². The molecule has 1 unspecified atom stereocenters. The summed E-state index contributed by atoms with van der Waals surface area (Å²) in [6.07, 6.45) is 8.45. The second-order valence-electron chi connectivity index (χ2n) is 4.73. The molecule has 0 spiro atoms. The highest BCUT2D eigenvalue weighted by Gasteiger charge is 2.10. The van der Waals surface area contributed by atoms with E-state index in [0.29, 0.717) is 0 Å². The Bertz CT molecular complexity index is 183. The first-order chi connectivity index (χ1) is 8.22. The first kappa shape index (κ1) is 16.4. The standard InChI is InChI=1S/C14H30N2O/c1-4-6-8-10-11-15-13(3)14(17)16-12-9-7-5-2/h13,15H,4-12H2,1-3H3,(H,16,17). The van der Waals surface area contributed by atoms with Crippen LogP contribution in [-0.4, -0.2) is 25.0 Å². The van der Waals surface area contributed by atoms with Crippen LogP contribution in [0.4, 0.5) is 0 Å². The molecule has 0 aliphatic carbocycles. The van der Waals surface area contributed by atoms with Crippen LogP contribution in [0.25, 0.3) is 0 Å². The van der Waals surface area contributed by atoms with Gasteiger partial charge in [0.15, 0.2) is 0 Å². The van der Waals surface area contributed by atoms with E-state index in [4.69, 9.17) is 0 Å². The first-order valence-corrected chi connectivity index (χ1v) is 7.23. The van der Waals surface area contributed by atoms with Crippen molar-refractivity contribution in [3.8, 4) is 0 Å². The van der Waals surface area contributed by atoms with E-state index in [0.717, 1.165) is 19.5 Å². The molecule has 0 aromatic rings. The maximum atomic E-state index is 11.7. The molecule has 0 bridgehead atoms. The van der Waals surface area contributed by atoms with Crippen molar-refractivity contribution in [1.29, 1.82) is 0 Å². The van der Waals surface area contributed by atoms with Crippen LogP contribution in [-0.2, 0) is 4.79 Å². The Kier molecular flexibility index (Phi) is 11.5. The van der Waals surface area contributed by atoms with Gasteiger partial charge in [-0.05, 0) is 26.3 Å². The van der Waals surface area contributed by atoms with E-state index in [9.17, 15) is 4.79 Å². The average Bonchev–Trinajstić information content (AvgIpc) is 2.34. The molecule has 1 atom stereocenters. The molecular weight excluding hydrogens is 212 g/mol. The van der Waals surface area contributed by atoms with E-state index in [1.165, 1.54) is 38.5 Å². The largest absolute Gasteiger partial charge is 0.355 e. The Morgan fingerprint density at radius 1 is 0.941 bits per heavy atom. The topological polar surface area (TPSA) is 41.1 Å². The van der Waals surface area contributed by atoms with Gasteiger partial charge in [0.2, 0.25) is 5.91 Å². The summed E-state index contributed by atoms with van der Waals surface area (Å²) in [6, 6.07) is -0.0572. The van der Waals surface area contributed by atoms with Crippen molar-refractivity contribution >= 4 is 5.91 Å². The minimum Gasteiger partial charge on any atom is -0.355 e. The normalized spacial score (nSPS) is 12.4. The highest BCUT2D eigenvalue weighted by Crippen LogP contribution is 1.97. The lowest BCUT2D eigenvalue weighted by atomic mass is 10.2. The smallest absolute Gasteiger partial charge is 0.236 e. The summed E-state index contributed by atoms with van der Waals surface area (Å²) in [5.41, 5.74) is 0. The lowest BCUT2D eigenvalue weighted by Crippen LogP contribution is -2.42. The molecular formula is C14H30N2O. The molecule has 0 radical (unpaired) electrons. The van der Waals surface area contributed by atoms with Crippen molar-refractivity contribution in [2.75, 3.05) is 13.1 Å². The fraction of sp³-hybridized carbons (Fsp3) is 0.929. The molecule has 0 saturated heterocycles. The van der Waals surface area contributed by atoms with Gasteiger partial charge in [0.05, 0.1) is 6.04 Å². The van der Waals surface area contributed by atoms with Gasteiger partial charge >= 0.3 is 0 Å². The van der Waals surface area contributed by atoms with E-state index in [2.05, 4.69) is 24.5 Å². The maximum Gasteiger partial charge on any atom is 0.236 e. The third-order valence-electron chi connectivity index (χ3n) is 2.95. The molecule has 0 aromatic heterocycles. The van der Waals surface area contributed by atoms with Gasteiger partial charge in [0, 0.05) is 6.54 Å². The number of amides is 1. The first-order valence-electron chi connectivity index (χ1n) is 7.23. The molecule has 3 heteroatoms. The molecule has 0 aliphatic rings. The molecule has 0 aliphatic heterocycles. The summed E-state index contributed by atoms with van der Waals surface area (Å²) in [4.78, 5) is 11.7.